The van der Waals surface area contributed by atoms with Crippen LogP contribution in [-0.4, -0.2) is 10.5 Å². The van der Waals surface area contributed by atoms with E-state index in [9.17, 15) is 0 Å². The van der Waals surface area contributed by atoms with Gasteiger partial charge in [0.15, 0.2) is 0 Å². The average Bonchev–Trinajstić information content (AvgIpc) is 1.88. The molecule has 0 bridgehead atoms. The van der Waals surface area contributed by atoms with Crippen LogP contribution in [0.2, 0.25) is 0 Å². The Morgan fingerprint density at radius 2 is 1.90 bits per heavy atom. The lowest BCUT2D eigenvalue weighted by molar-refractivity contribution is 0.307. The van der Waals surface area contributed by atoms with Gasteiger partial charge in [0.25, 0.3) is 0 Å². The van der Waals surface area contributed by atoms with Gasteiger partial charge in [-0.15, -0.1) is 0 Å². The van der Waals surface area contributed by atoms with E-state index in [-0.39, 0.29) is 0 Å². The number of hydrogen-bond donors (Lipinski definition) is 1. The van der Waals surface area contributed by atoms with E-state index in [1.54, 1.807) is 0 Å². The predicted octanol–water partition coefficient (Wildman–Crippen LogP) is 1.93. The summed E-state index contributed by atoms with van der Waals surface area (Å²) in [5.41, 5.74) is -0.567. The van der Waals surface area contributed by atoms with Gasteiger partial charge < -0.3 is 5.11 Å². The zero-order valence-electron chi connectivity index (χ0n) is 5.53. The van der Waals surface area contributed by atoms with E-state index < -0.39 is 5.44 Å². The van der Waals surface area contributed by atoms with E-state index in [4.69, 9.17) is 5.11 Å². The Hall–Kier alpha value is -0.470. The molecule has 0 aliphatic rings. The summed E-state index contributed by atoms with van der Waals surface area (Å²) < 4.78 is 0. The van der Waals surface area contributed by atoms with Gasteiger partial charge in [0.1, 0.15) is 5.44 Å². The third-order valence-electron chi connectivity index (χ3n) is 1.02. The fraction of sp³-hybridized carbons (Fsp3) is 0.125. The van der Waals surface area contributed by atoms with Gasteiger partial charge in [-0.2, -0.15) is 0 Å². The van der Waals surface area contributed by atoms with Gasteiger partial charge in [-0.05, 0) is 19.1 Å². The topological polar surface area (TPSA) is 20.2 Å². The van der Waals surface area contributed by atoms with Crippen LogP contribution in [0, 0.1) is 6.92 Å². The SMILES string of the molecule is [CH2]C(O)Sc1ccccc1. The molecule has 1 radical (unpaired) electrons. The lowest BCUT2D eigenvalue weighted by Crippen LogP contribution is -1.90. The van der Waals surface area contributed by atoms with Crippen molar-refractivity contribution in [2.45, 2.75) is 10.3 Å². The van der Waals surface area contributed by atoms with E-state index in [0.717, 1.165) is 4.90 Å². The second kappa shape index (κ2) is 3.64. The quantitative estimate of drug-likeness (QED) is 0.517. The molecule has 0 aromatic heterocycles. The average molecular weight is 153 g/mol. The highest BCUT2D eigenvalue weighted by atomic mass is 32.2. The summed E-state index contributed by atoms with van der Waals surface area (Å²) in [6, 6.07) is 9.70. The molecule has 1 aromatic carbocycles. The van der Waals surface area contributed by atoms with Gasteiger partial charge in [-0.25, -0.2) is 0 Å². The van der Waals surface area contributed by atoms with Gasteiger partial charge in [0, 0.05) is 4.90 Å². The molecule has 10 heavy (non-hydrogen) atoms. The third kappa shape index (κ3) is 2.42. The van der Waals surface area contributed by atoms with Gasteiger partial charge in [0.05, 0.1) is 0 Å². The number of aliphatic hydroxyl groups is 1. The lowest BCUT2D eigenvalue weighted by atomic mass is 10.4. The molecule has 0 saturated carbocycles. The van der Waals surface area contributed by atoms with E-state index in [1.807, 2.05) is 30.3 Å². The summed E-state index contributed by atoms with van der Waals surface area (Å²) in [7, 11) is 0. The highest BCUT2D eigenvalue weighted by Gasteiger charge is 1.96. The molecule has 1 atom stereocenters. The molecule has 0 spiro atoms. The van der Waals surface area contributed by atoms with Gasteiger partial charge in [-0.3, -0.25) is 0 Å². The lowest BCUT2D eigenvalue weighted by Gasteiger charge is -2.01. The molecule has 0 fully saturated rings. The molecule has 53 valence electrons. The molecule has 0 aliphatic carbocycles. The Morgan fingerprint density at radius 3 is 2.40 bits per heavy atom. The number of rotatable bonds is 2. The van der Waals surface area contributed by atoms with E-state index in [2.05, 4.69) is 6.92 Å². The summed E-state index contributed by atoms with van der Waals surface area (Å²) in [4.78, 5) is 1.05. The van der Waals surface area contributed by atoms with E-state index >= 15 is 0 Å². The van der Waals surface area contributed by atoms with Crippen molar-refractivity contribution in [1.29, 1.82) is 0 Å². The van der Waals surface area contributed by atoms with Crippen molar-refractivity contribution in [3.63, 3.8) is 0 Å². The maximum Gasteiger partial charge on any atom is 0.104 e. The second-order valence-corrected chi connectivity index (χ2v) is 3.14. The fourth-order valence-corrected chi connectivity index (χ4v) is 1.28. The number of thioether (sulfide) groups is 1. The number of hydrogen-bond acceptors (Lipinski definition) is 2. The zero-order chi connectivity index (χ0) is 7.40. The molecule has 1 unspecified atom stereocenters. The van der Waals surface area contributed by atoms with Crippen LogP contribution >= 0.6 is 11.8 Å². The maximum atomic E-state index is 8.86. The largest absolute Gasteiger partial charge is 0.382 e. The molecule has 1 nitrogen and oxygen atoms in total. The molecule has 1 aromatic rings. The standard InChI is InChI=1S/C8H9OS/c1-7(9)10-8-5-3-2-4-6-8/h2-7,9H,1H2. The van der Waals surface area contributed by atoms with Crippen molar-refractivity contribution in [2.24, 2.45) is 0 Å². The van der Waals surface area contributed by atoms with Crippen LogP contribution < -0.4 is 0 Å². The first-order chi connectivity index (χ1) is 4.79. The fourth-order valence-electron chi connectivity index (χ4n) is 0.656. The number of aliphatic hydroxyl groups excluding tert-OH is 1. The van der Waals surface area contributed by atoms with Crippen molar-refractivity contribution >= 4 is 11.8 Å². The van der Waals surface area contributed by atoms with Crippen molar-refractivity contribution in [2.75, 3.05) is 0 Å². The molecule has 0 amide bonds. The van der Waals surface area contributed by atoms with E-state index in [1.165, 1.54) is 11.8 Å². The van der Waals surface area contributed by atoms with Crippen LogP contribution in [0.15, 0.2) is 35.2 Å². The van der Waals surface area contributed by atoms with Crippen LogP contribution in [0.4, 0.5) is 0 Å². The van der Waals surface area contributed by atoms with Crippen molar-refractivity contribution in [3.05, 3.63) is 37.3 Å². The van der Waals surface area contributed by atoms with Crippen molar-refractivity contribution in [3.8, 4) is 0 Å². The summed E-state index contributed by atoms with van der Waals surface area (Å²) in [5, 5.41) is 8.86. The van der Waals surface area contributed by atoms with Gasteiger partial charge >= 0.3 is 0 Å². The van der Waals surface area contributed by atoms with Gasteiger partial charge in [0.2, 0.25) is 0 Å². The molecular formula is C8H9OS. The molecule has 0 saturated heterocycles. The minimum Gasteiger partial charge on any atom is -0.382 e. The summed E-state index contributed by atoms with van der Waals surface area (Å²) >= 11 is 1.34. The van der Waals surface area contributed by atoms with Crippen molar-refractivity contribution in [1.82, 2.24) is 0 Å². The molecule has 1 rings (SSSR count). The number of benzene rings is 1. The van der Waals surface area contributed by atoms with Crippen LogP contribution in [-0.2, 0) is 0 Å². The zero-order valence-corrected chi connectivity index (χ0v) is 6.34. The normalized spacial score (nSPS) is 13.0. The van der Waals surface area contributed by atoms with Gasteiger partial charge in [-0.1, -0.05) is 30.0 Å². The van der Waals surface area contributed by atoms with E-state index in [0.29, 0.717) is 0 Å². The highest BCUT2D eigenvalue weighted by molar-refractivity contribution is 7.99. The van der Waals surface area contributed by atoms with Crippen LogP contribution in [0.1, 0.15) is 0 Å². The first-order valence-corrected chi connectivity index (χ1v) is 3.90. The molecule has 0 aliphatic heterocycles. The summed E-state index contributed by atoms with van der Waals surface area (Å²) in [6.07, 6.45) is 0. The Labute approximate surface area is 65.1 Å². The predicted molar refractivity (Wildman–Crippen MR) is 43.7 cm³/mol. The first-order valence-electron chi connectivity index (χ1n) is 3.02. The molecular weight excluding hydrogens is 144 g/mol. The Morgan fingerprint density at radius 1 is 1.30 bits per heavy atom. The maximum absolute atomic E-state index is 8.86. The molecule has 0 heterocycles. The van der Waals surface area contributed by atoms with Crippen molar-refractivity contribution < 1.29 is 5.11 Å². The Balaban J connectivity index is 2.59. The monoisotopic (exact) mass is 153 g/mol. The minimum atomic E-state index is -0.567. The second-order valence-electron chi connectivity index (χ2n) is 1.89. The third-order valence-corrected chi connectivity index (χ3v) is 1.83. The highest BCUT2D eigenvalue weighted by Crippen LogP contribution is 2.19. The minimum absolute atomic E-state index is 0.567. The molecule has 1 N–H and O–H groups in total. The van der Waals surface area contributed by atoms with Crippen LogP contribution in [0.25, 0.3) is 0 Å². The Bertz CT molecular complexity index is 184. The summed E-state index contributed by atoms with van der Waals surface area (Å²) in [5.74, 6) is 0. The van der Waals surface area contributed by atoms with Crippen LogP contribution in [0.3, 0.4) is 0 Å². The van der Waals surface area contributed by atoms with Crippen LogP contribution in [0.5, 0.6) is 0 Å². The Kier molecular flexibility index (Phi) is 2.78. The summed E-state index contributed by atoms with van der Waals surface area (Å²) in [6.45, 7) is 3.45. The first kappa shape index (κ1) is 7.63. The molecule has 2 heteroatoms. The smallest absolute Gasteiger partial charge is 0.104 e.